The molecule has 6 heteroatoms. The SMILES string of the molecule is O=C(Nc1nccc2cnccc12)C1CCN(c2csc3ccccc23)CC1. The number of fused-ring (bicyclic) bond motifs is 2. The standard InChI is InChI=1S/C22H20N4OS/c27-22(25-21-17-6-9-23-13-16(17)5-10-24-21)15-7-11-26(12-8-15)19-14-28-20-4-2-1-3-18(19)20/h1-6,9-10,13-15H,7-8,11-12H2,(H,24,25,27). The zero-order valence-electron chi connectivity index (χ0n) is 15.3. The third-order valence-corrected chi connectivity index (χ3v) is 6.42. The van der Waals surface area contributed by atoms with Crippen LogP contribution < -0.4 is 10.2 Å². The van der Waals surface area contributed by atoms with Crippen molar-refractivity contribution in [2.24, 2.45) is 5.92 Å². The molecule has 1 aliphatic heterocycles. The van der Waals surface area contributed by atoms with Gasteiger partial charge in [0.25, 0.3) is 0 Å². The third kappa shape index (κ3) is 3.10. The van der Waals surface area contributed by atoms with Crippen molar-refractivity contribution < 1.29 is 4.79 Å². The highest BCUT2D eigenvalue weighted by Crippen LogP contribution is 2.35. The molecule has 1 saturated heterocycles. The quantitative estimate of drug-likeness (QED) is 0.553. The van der Waals surface area contributed by atoms with Gasteiger partial charge in [0.05, 0.1) is 5.69 Å². The van der Waals surface area contributed by atoms with E-state index < -0.39 is 0 Å². The molecule has 1 aromatic carbocycles. The van der Waals surface area contributed by atoms with Gasteiger partial charge in [-0.2, -0.15) is 0 Å². The molecule has 1 aliphatic rings. The molecule has 0 saturated carbocycles. The highest BCUT2D eigenvalue weighted by atomic mass is 32.1. The molecule has 1 fully saturated rings. The molecule has 4 heterocycles. The topological polar surface area (TPSA) is 58.1 Å². The van der Waals surface area contributed by atoms with Gasteiger partial charge in [-0.1, -0.05) is 18.2 Å². The van der Waals surface area contributed by atoms with Gasteiger partial charge in [0.1, 0.15) is 5.82 Å². The number of carbonyl (C=O) groups excluding carboxylic acids is 1. The summed E-state index contributed by atoms with van der Waals surface area (Å²) in [5, 5.41) is 8.49. The number of hydrogen-bond donors (Lipinski definition) is 1. The first-order chi connectivity index (χ1) is 13.8. The van der Waals surface area contributed by atoms with Crippen LogP contribution in [0.25, 0.3) is 20.9 Å². The van der Waals surface area contributed by atoms with Gasteiger partial charge in [0, 0.05) is 63.8 Å². The third-order valence-electron chi connectivity index (χ3n) is 5.47. The molecule has 5 rings (SSSR count). The summed E-state index contributed by atoms with van der Waals surface area (Å²) in [7, 11) is 0. The van der Waals surface area contributed by atoms with Crippen molar-refractivity contribution in [3.8, 4) is 0 Å². The second-order valence-electron chi connectivity index (χ2n) is 7.12. The summed E-state index contributed by atoms with van der Waals surface area (Å²) in [6.45, 7) is 1.79. The Morgan fingerprint density at radius 2 is 1.93 bits per heavy atom. The van der Waals surface area contributed by atoms with Gasteiger partial charge < -0.3 is 10.2 Å². The van der Waals surface area contributed by atoms with Crippen LogP contribution in [0.3, 0.4) is 0 Å². The van der Waals surface area contributed by atoms with Crippen LogP contribution in [0.15, 0.2) is 60.4 Å². The van der Waals surface area contributed by atoms with E-state index in [1.165, 1.54) is 15.8 Å². The maximum absolute atomic E-state index is 12.8. The number of thiophene rings is 1. The minimum atomic E-state index is 0.0139. The molecule has 0 unspecified atom stereocenters. The van der Waals surface area contributed by atoms with Crippen molar-refractivity contribution in [2.75, 3.05) is 23.3 Å². The number of piperidine rings is 1. The lowest BCUT2D eigenvalue weighted by atomic mass is 9.95. The summed E-state index contributed by atoms with van der Waals surface area (Å²) in [4.78, 5) is 23.7. The van der Waals surface area contributed by atoms with Crippen LogP contribution in [0, 0.1) is 5.92 Å². The Morgan fingerprint density at radius 1 is 1.07 bits per heavy atom. The van der Waals surface area contributed by atoms with Crippen LogP contribution in [0.1, 0.15) is 12.8 Å². The Hall–Kier alpha value is -2.99. The van der Waals surface area contributed by atoms with E-state index in [2.05, 4.69) is 49.8 Å². The maximum atomic E-state index is 12.8. The summed E-state index contributed by atoms with van der Waals surface area (Å²) in [6, 6.07) is 12.3. The number of carbonyl (C=O) groups is 1. The van der Waals surface area contributed by atoms with Crippen LogP contribution in [0.2, 0.25) is 0 Å². The molecule has 1 amide bonds. The van der Waals surface area contributed by atoms with Crippen LogP contribution in [-0.2, 0) is 4.79 Å². The van der Waals surface area contributed by atoms with Crippen LogP contribution in [-0.4, -0.2) is 29.0 Å². The first kappa shape index (κ1) is 17.1. The summed E-state index contributed by atoms with van der Waals surface area (Å²) in [6.07, 6.45) is 6.92. The predicted octanol–water partition coefficient (Wildman–Crippen LogP) is 4.70. The first-order valence-corrected chi connectivity index (χ1v) is 10.4. The van der Waals surface area contributed by atoms with E-state index in [4.69, 9.17) is 0 Å². The number of nitrogens with one attached hydrogen (secondary N) is 1. The minimum absolute atomic E-state index is 0.0139. The van der Waals surface area contributed by atoms with Gasteiger partial charge in [0.15, 0.2) is 0 Å². The Labute approximate surface area is 167 Å². The van der Waals surface area contributed by atoms with Crippen LogP contribution >= 0.6 is 11.3 Å². The molecule has 0 aliphatic carbocycles. The number of anilines is 2. The molecule has 0 radical (unpaired) electrons. The Kier molecular flexibility index (Phi) is 4.41. The fraction of sp³-hybridized carbons (Fsp3) is 0.227. The number of rotatable bonds is 3. The Morgan fingerprint density at radius 3 is 2.82 bits per heavy atom. The number of pyridine rings is 2. The fourth-order valence-electron chi connectivity index (χ4n) is 3.93. The Bertz CT molecular complexity index is 1140. The zero-order valence-corrected chi connectivity index (χ0v) is 16.2. The summed E-state index contributed by atoms with van der Waals surface area (Å²) in [5.41, 5.74) is 1.29. The van der Waals surface area contributed by atoms with Gasteiger partial charge in [-0.15, -0.1) is 11.3 Å². The minimum Gasteiger partial charge on any atom is -0.370 e. The molecule has 140 valence electrons. The van der Waals surface area contributed by atoms with Gasteiger partial charge >= 0.3 is 0 Å². The molecule has 4 aromatic rings. The van der Waals surface area contributed by atoms with E-state index in [1.807, 2.05) is 12.1 Å². The van der Waals surface area contributed by atoms with E-state index in [1.54, 1.807) is 29.9 Å². The molecular weight excluding hydrogens is 368 g/mol. The largest absolute Gasteiger partial charge is 0.370 e. The van der Waals surface area contributed by atoms with E-state index >= 15 is 0 Å². The first-order valence-electron chi connectivity index (χ1n) is 9.50. The van der Waals surface area contributed by atoms with Crippen molar-refractivity contribution >= 4 is 49.6 Å². The van der Waals surface area contributed by atoms with Gasteiger partial charge in [-0.25, -0.2) is 4.98 Å². The van der Waals surface area contributed by atoms with Gasteiger partial charge in [-0.3, -0.25) is 9.78 Å². The van der Waals surface area contributed by atoms with Gasteiger partial charge in [-0.05, 0) is 31.0 Å². The lowest BCUT2D eigenvalue weighted by molar-refractivity contribution is -0.120. The van der Waals surface area contributed by atoms with E-state index in [0.717, 1.165) is 36.7 Å². The normalized spacial score (nSPS) is 15.2. The lowest BCUT2D eigenvalue weighted by Gasteiger charge is -2.32. The zero-order chi connectivity index (χ0) is 18.9. The number of hydrogen-bond acceptors (Lipinski definition) is 5. The molecule has 5 nitrogen and oxygen atoms in total. The fourth-order valence-corrected chi connectivity index (χ4v) is 4.90. The molecule has 1 N–H and O–H groups in total. The molecule has 3 aromatic heterocycles. The molecule has 0 spiro atoms. The average Bonchev–Trinajstić information content (AvgIpc) is 3.18. The second-order valence-corrected chi connectivity index (χ2v) is 8.04. The summed E-state index contributed by atoms with van der Waals surface area (Å²) >= 11 is 1.78. The van der Waals surface area contributed by atoms with Crippen molar-refractivity contribution in [2.45, 2.75) is 12.8 Å². The maximum Gasteiger partial charge on any atom is 0.228 e. The average molecular weight is 388 g/mol. The molecular formula is C22H20N4OS. The summed E-state index contributed by atoms with van der Waals surface area (Å²) in [5.74, 6) is 0.697. The highest BCUT2D eigenvalue weighted by molar-refractivity contribution is 7.17. The highest BCUT2D eigenvalue weighted by Gasteiger charge is 2.26. The second kappa shape index (κ2) is 7.20. The monoisotopic (exact) mass is 388 g/mol. The van der Waals surface area contributed by atoms with Crippen molar-refractivity contribution in [3.05, 3.63) is 60.4 Å². The number of amides is 1. The van der Waals surface area contributed by atoms with Crippen LogP contribution in [0.4, 0.5) is 11.5 Å². The lowest BCUT2D eigenvalue weighted by Crippen LogP contribution is -2.38. The molecule has 0 atom stereocenters. The number of nitrogens with zero attached hydrogens (tertiary/aromatic N) is 3. The summed E-state index contributed by atoms with van der Waals surface area (Å²) < 4.78 is 1.31. The predicted molar refractivity (Wildman–Crippen MR) is 115 cm³/mol. The van der Waals surface area contributed by atoms with E-state index in [-0.39, 0.29) is 11.8 Å². The Balaban J connectivity index is 1.28. The van der Waals surface area contributed by atoms with E-state index in [9.17, 15) is 4.79 Å². The van der Waals surface area contributed by atoms with Crippen molar-refractivity contribution in [3.63, 3.8) is 0 Å². The molecule has 0 bridgehead atoms. The van der Waals surface area contributed by atoms with Crippen molar-refractivity contribution in [1.29, 1.82) is 0 Å². The number of aromatic nitrogens is 2. The van der Waals surface area contributed by atoms with E-state index in [0.29, 0.717) is 5.82 Å². The molecule has 28 heavy (non-hydrogen) atoms. The number of benzene rings is 1. The van der Waals surface area contributed by atoms with Gasteiger partial charge in [0.2, 0.25) is 5.91 Å². The van der Waals surface area contributed by atoms with Crippen molar-refractivity contribution in [1.82, 2.24) is 9.97 Å². The smallest absolute Gasteiger partial charge is 0.228 e. The van der Waals surface area contributed by atoms with Crippen LogP contribution in [0.5, 0.6) is 0 Å².